The highest BCUT2D eigenvalue weighted by Crippen LogP contribution is 2.28. The number of halogens is 1. The molecule has 2 N–H and O–H groups in total. The second-order valence-electron chi connectivity index (χ2n) is 5.49. The number of amides is 1. The molecule has 0 unspecified atom stereocenters. The first-order valence-electron chi connectivity index (χ1n) is 7.02. The van der Waals surface area contributed by atoms with Crippen molar-refractivity contribution in [1.29, 1.82) is 0 Å². The van der Waals surface area contributed by atoms with Gasteiger partial charge in [-0.05, 0) is 50.1 Å². The van der Waals surface area contributed by atoms with Gasteiger partial charge in [0.25, 0.3) is 0 Å². The number of anilines is 1. The number of benzene rings is 1. The lowest BCUT2D eigenvalue weighted by molar-refractivity contribution is -0.120. The first-order chi connectivity index (χ1) is 9.22. The molecule has 0 aromatic heterocycles. The van der Waals surface area contributed by atoms with Gasteiger partial charge in [0.1, 0.15) is 5.75 Å². The van der Waals surface area contributed by atoms with Crippen molar-refractivity contribution in [2.45, 2.75) is 32.2 Å². The van der Waals surface area contributed by atoms with Crippen LogP contribution in [0.25, 0.3) is 0 Å². The van der Waals surface area contributed by atoms with E-state index in [4.69, 9.17) is 4.74 Å². The second kappa shape index (κ2) is 6.46. The normalized spacial score (nSPS) is 24.2. The topological polar surface area (TPSA) is 50.4 Å². The van der Waals surface area contributed by atoms with Gasteiger partial charge in [0.2, 0.25) is 5.91 Å². The number of hydrogen-bond donors (Lipinski definition) is 2. The molecule has 4 nitrogen and oxygen atoms in total. The van der Waals surface area contributed by atoms with Gasteiger partial charge in [-0.15, -0.1) is 12.4 Å². The minimum atomic E-state index is 0. The van der Waals surface area contributed by atoms with E-state index in [0.717, 1.165) is 43.9 Å². The molecule has 0 radical (unpaired) electrons. The molecule has 1 aromatic carbocycles. The SMILES string of the molecule is C[C@H]1C[C@@H](C(=O)Nc2ccc3c(c2)CCO3)CCN1.Cl. The zero-order chi connectivity index (χ0) is 13.2. The van der Waals surface area contributed by atoms with Gasteiger partial charge >= 0.3 is 0 Å². The van der Waals surface area contributed by atoms with Crippen molar-refractivity contribution in [2.75, 3.05) is 18.5 Å². The first-order valence-corrected chi connectivity index (χ1v) is 7.02. The summed E-state index contributed by atoms with van der Waals surface area (Å²) < 4.78 is 5.47. The van der Waals surface area contributed by atoms with Crippen molar-refractivity contribution in [1.82, 2.24) is 5.32 Å². The van der Waals surface area contributed by atoms with Crippen LogP contribution in [0.3, 0.4) is 0 Å². The van der Waals surface area contributed by atoms with E-state index in [2.05, 4.69) is 17.6 Å². The maximum atomic E-state index is 12.2. The van der Waals surface area contributed by atoms with Crippen LogP contribution in [-0.2, 0) is 11.2 Å². The number of fused-ring (bicyclic) bond motifs is 1. The third-order valence-corrected chi connectivity index (χ3v) is 3.95. The van der Waals surface area contributed by atoms with Crippen LogP contribution in [0.15, 0.2) is 18.2 Å². The van der Waals surface area contributed by atoms with Crippen LogP contribution in [0.4, 0.5) is 5.69 Å². The zero-order valence-corrected chi connectivity index (χ0v) is 12.5. The first kappa shape index (κ1) is 15.1. The number of rotatable bonds is 2. The molecule has 2 heterocycles. The molecule has 1 aromatic rings. The van der Waals surface area contributed by atoms with Gasteiger partial charge in [0.15, 0.2) is 0 Å². The van der Waals surface area contributed by atoms with E-state index >= 15 is 0 Å². The fourth-order valence-corrected chi connectivity index (χ4v) is 2.88. The molecule has 2 aliphatic heterocycles. The summed E-state index contributed by atoms with van der Waals surface area (Å²) in [6.45, 7) is 3.81. The summed E-state index contributed by atoms with van der Waals surface area (Å²) in [7, 11) is 0. The summed E-state index contributed by atoms with van der Waals surface area (Å²) in [5.74, 6) is 1.22. The van der Waals surface area contributed by atoms with Crippen LogP contribution in [-0.4, -0.2) is 25.1 Å². The highest BCUT2D eigenvalue weighted by molar-refractivity contribution is 5.92. The van der Waals surface area contributed by atoms with Gasteiger partial charge in [0, 0.05) is 24.1 Å². The summed E-state index contributed by atoms with van der Waals surface area (Å²) >= 11 is 0. The molecule has 20 heavy (non-hydrogen) atoms. The van der Waals surface area contributed by atoms with Crippen LogP contribution < -0.4 is 15.4 Å². The maximum Gasteiger partial charge on any atom is 0.227 e. The predicted octanol–water partition coefficient (Wildman–Crippen LogP) is 2.37. The molecule has 2 aliphatic rings. The molecule has 1 saturated heterocycles. The van der Waals surface area contributed by atoms with Crippen molar-refractivity contribution in [3.8, 4) is 5.75 Å². The molecule has 0 saturated carbocycles. The highest BCUT2D eigenvalue weighted by Gasteiger charge is 2.25. The molecule has 1 amide bonds. The minimum Gasteiger partial charge on any atom is -0.493 e. The Kier molecular flexibility index (Phi) is 4.89. The minimum absolute atomic E-state index is 0. The van der Waals surface area contributed by atoms with Crippen LogP contribution >= 0.6 is 12.4 Å². The van der Waals surface area contributed by atoms with Gasteiger partial charge < -0.3 is 15.4 Å². The molecule has 0 spiro atoms. The average molecular weight is 297 g/mol. The summed E-state index contributed by atoms with van der Waals surface area (Å²) in [5, 5.41) is 6.41. The monoisotopic (exact) mass is 296 g/mol. The highest BCUT2D eigenvalue weighted by atomic mass is 35.5. The standard InChI is InChI=1S/C15H20N2O2.ClH/c1-10-8-12(4-6-16-10)15(18)17-13-2-3-14-11(9-13)5-7-19-14;/h2-3,9-10,12,16H,4-8H2,1H3,(H,17,18);1H/t10-,12-;/m0./s1. The fourth-order valence-electron chi connectivity index (χ4n) is 2.88. The van der Waals surface area contributed by atoms with Crippen molar-refractivity contribution >= 4 is 24.0 Å². The summed E-state index contributed by atoms with van der Waals surface area (Å²) in [6, 6.07) is 6.33. The Morgan fingerprint density at radius 3 is 3.10 bits per heavy atom. The lowest BCUT2D eigenvalue weighted by Crippen LogP contribution is -2.40. The Balaban J connectivity index is 0.00000147. The molecular formula is C15H21ClN2O2. The summed E-state index contributed by atoms with van der Waals surface area (Å²) in [5.41, 5.74) is 2.08. The molecule has 110 valence electrons. The molecular weight excluding hydrogens is 276 g/mol. The Hall–Kier alpha value is -1.26. The van der Waals surface area contributed by atoms with E-state index in [1.165, 1.54) is 5.56 Å². The maximum absolute atomic E-state index is 12.2. The van der Waals surface area contributed by atoms with Crippen molar-refractivity contribution in [3.05, 3.63) is 23.8 Å². The Labute approximate surface area is 125 Å². The van der Waals surface area contributed by atoms with E-state index in [9.17, 15) is 4.79 Å². The smallest absolute Gasteiger partial charge is 0.227 e. The number of piperidine rings is 1. The van der Waals surface area contributed by atoms with Crippen molar-refractivity contribution in [2.24, 2.45) is 5.92 Å². The van der Waals surface area contributed by atoms with Gasteiger partial charge in [-0.1, -0.05) is 0 Å². The number of hydrogen-bond acceptors (Lipinski definition) is 3. The van der Waals surface area contributed by atoms with Crippen LogP contribution in [0.5, 0.6) is 5.75 Å². The molecule has 0 bridgehead atoms. The lowest BCUT2D eigenvalue weighted by Gasteiger charge is -2.27. The van der Waals surface area contributed by atoms with E-state index in [1.807, 2.05) is 18.2 Å². The van der Waals surface area contributed by atoms with Gasteiger partial charge in [0.05, 0.1) is 6.61 Å². The van der Waals surface area contributed by atoms with E-state index in [-0.39, 0.29) is 24.2 Å². The van der Waals surface area contributed by atoms with Crippen LogP contribution in [0.2, 0.25) is 0 Å². The number of ether oxygens (including phenoxy) is 1. The average Bonchev–Trinajstić information content (AvgIpc) is 2.86. The van der Waals surface area contributed by atoms with E-state index in [1.54, 1.807) is 0 Å². The third-order valence-electron chi connectivity index (χ3n) is 3.95. The molecule has 0 aliphatic carbocycles. The predicted molar refractivity (Wildman–Crippen MR) is 81.7 cm³/mol. The molecule has 3 rings (SSSR count). The quantitative estimate of drug-likeness (QED) is 0.881. The summed E-state index contributed by atoms with van der Waals surface area (Å²) in [6.07, 6.45) is 2.77. The Morgan fingerprint density at radius 2 is 2.30 bits per heavy atom. The van der Waals surface area contributed by atoms with Crippen molar-refractivity contribution in [3.63, 3.8) is 0 Å². The molecule has 2 atom stereocenters. The summed E-state index contributed by atoms with van der Waals surface area (Å²) in [4.78, 5) is 12.2. The number of nitrogens with one attached hydrogen (secondary N) is 2. The van der Waals surface area contributed by atoms with Gasteiger partial charge in [-0.25, -0.2) is 0 Å². The fraction of sp³-hybridized carbons (Fsp3) is 0.533. The van der Waals surface area contributed by atoms with Gasteiger partial charge in [-0.2, -0.15) is 0 Å². The Bertz CT molecular complexity index is 493. The lowest BCUT2D eigenvalue weighted by atomic mass is 9.92. The van der Waals surface area contributed by atoms with Crippen LogP contribution in [0.1, 0.15) is 25.3 Å². The Morgan fingerprint density at radius 1 is 1.45 bits per heavy atom. The van der Waals surface area contributed by atoms with Crippen molar-refractivity contribution < 1.29 is 9.53 Å². The second-order valence-corrected chi connectivity index (χ2v) is 5.49. The van der Waals surface area contributed by atoms with Crippen LogP contribution in [0, 0.1) is 5.92 Å². The van der Waals surface area contributed by atoms with Gasteiger partial charge in [-0.3, -0.25) is 4.79 Å². The number of carbonyl (C=O) groups is 1. The largest absolute Gasteiger partial charge is 0.493 e. The van der Waals surface area contributed by atoms with E-state index in [0.29, 0.717) is 6.04 Å². The molecule has 5 heteroatoms. The number of carbonyl (C=O) groups excluding carboxylic acids is 1. The van der Waals surface area contributed by atoms with E-state index < -0.39 is 0 Å². The third kappa shape index (κ3) is 3.25. The molecule has 1 fully saturated rings. The zero-order valence-electron chi connectivity index (χ0n) is 11.6.